The molecular formula is C15H22N4. The fourth-order valence-electron chi connectivity index (χ4n) is 3.08. The number of rotatable bonds is 3. The number of imidazole rings is 1. The van der Waals surface area contributed by atoms with E-state index in [-0.39, 0.29) is 0 Å². The molecule has 1 saturated heterocycles. The van der Waals surface area contributed by atoms with E-state index in [0.29, 0.717) is 0 Å². The number of nitrogens with zero attached hydrogens (tertiary/aromatic N) is 3. The van der Waals surface area contributed by atoms with Gasteiger partial charge < -0.3 is 15.0 Å². The summed E-state index contributed by atoms with van der Waals surface area (Å²) < 4.78 is 2.03. The molecule has 0 aliphatic carbocycles. The number of hydrogen-bond donors (Lipinski definition) is 1. The number of anilines is 1. The quantitative estimate of drug-likeness (QED) is 0.918. The normalized spacial score (nSPS) is 21.0. The molecule has 4 heteroatoms. The molecule has 3 heterocycles. The fourth-order valence-corrected chi connectivity index (χ4v) is 3.08. The van der Waals surface area contributed by atoms with Gasteiger partial charge >= 0.3 is 0 Å². The van der Waals surface area contributed by atoms with Crippen molar-refractivity contribution in [1.29, 1.82) is 0 Å². The van der Waals surface area contributed by atoms with Gasteiger partial charge in [-0.05, 0) is 50.4 Å². The van der Waals surface area contributed by atoms with E-state index in [1.54, 1.807) is 0 Å². The minimum absolute atomic E-state index is 0.736. The van der Waals surface area contributed by atoms with Gasteiger partial charge in [0.05, 0.1) is 11.4 Å². The highest BCUT2D eigenvalue weighted by molar-refractivity contribution is 5.64. The summed E-state index contributed by atoms with van der Waals surface area (Å²) in [6, 6.07) is 3.87. The summed E-state index contributed by atoms with van der Waals surface area (Å²) in [6.45, 7) is 5.87. The first kappa shape index (κ1) is 12.5. The maximum Gasteiger partial charge on any atom is 0.160 e. The average Bonchev–Trinajstić information content (AvgIpc) is 2.83. The lowest BCUT2D eigenvalue weighted by Gasteiger charge is -2.31. The van der Waals surface area contributed by atoms with E-state index in [2.05, 4.69) is 23.0 Å². The number of likely N-dealkylation sites (tertiary alicyclic amines) is 1. The van der Waals surface area contributed by atoms with Crippen molar-refractivity contribution >= 4 is 11.3 Å². The van der Waals surface area contributed by atoms with Crippen LogP contribution in [-0.4, -0.2) is 33.9 Å². The van der Waals surface area contributed by atoms with Gasteiger partial charge in [-0.2, -0.15) is 0 Å². The van der Waals surface area contributed by atoms with Crippen LogP contribution in [0.15, 0.2) is 24.5 Å². The summed E-state index contributed by atoms with van der Waals surface area (Å²) in [6.07, 6.45) is 7.84. The first-order valence-corrected chi connectivity index (χ1v) is 7.20. The number of nitrogen functional groups attached to an aromatic ring is 1. The van der Waals surface area contributed by atoms with E-state index in [4.69, 9.17) is 5.73 Å². The predicted octanol–water partition coefficient (Wildman–Crippen LogP) is 2.19. The highest BCUT2D eigenvalue weighted by Crippen LogP contribution is 2.21. The maximum absolute atomic E-state index is 5.95. The Labute approximate surface area is 114 Å². The third-order valence-corrected chi connectivity index (χ3v) is 4.11. The molecule has 19 heavy (non-hydrogen) atoms. The van der Waals surface area contributed by atoms with Crippen molar-refractivity contribution < 1.29 is 0 Å². The molecule has 4 nitrogen and oxygen atoms in total. The van der Waals surface area contributed by atoms with Gasteiger partial charge in [-0.3, -0.25) is 0 Å². The molecule has 1 fully saturated rings. The number of nitrogens with two attached hydrogens (primary N) is 1. The Morgan fingerprint density at radius 1 is 1.47 bits per heavy atom. The molecule has 0 radical (unpaired) electrons. The van der Waals surface area contributed by atoms with Gasteiger partial charge in [0, 0.05) is 18.9 Å². The Kier molecular flexibility index (Phi) is 3.42. The van der Waals surface area contributed by atoms with Crippen LogP contribution in [0.25, 0.3) is 5.65 Å². The topological polar surface area (TPSA) is 46.6 Å². The number of hydrogen-bond acceptors (Lipinski definition) is 3. The summed E-state index contributed by atoms with van der Waals surface area (Å²) >= 11 is 0. The second kappa shape index (κ2) is 5.21. The average molecular weight is 258 g/mol. The lowest BCUT2D eigenvalue weighted by molar-refractivity contribution is 0.181. The smallest absolute Gasteiger partial charge is 0.160 e. The van der Waals surface area contributed by atoms with E-state index < -0.39 is 0 Å². The van der Waals surface area contributed by atoms with E-state index in [1.807, 2.05) is 22.7 Å². The van der Waals surface area contributed by atoms with Gasteiger partial charge in [-0.25, -0.2) is 4.98 Å². The molecule has 1 aliphatic heterocycles. The lowest BCUT2D eigenvalue weighted by atomic mass is 9.94. The molecule has 2 aromatic rings. The van der Waals surface area contributed by atoms with Crippen molar-refractivity contribution in [2.45, 2.75) is 26.2 Å². The maximum atomic E-state index is 5.95. The van der Waals surface area contributed by atoms with E-state index >= 15 is 0 Å². The molecule has 0 spiro atoms. The van der Waals surface area contributed by atoms with Gasteiger partial charge in [-0.15, -0.1) is 0 Å². The van der Waals surface area contributed by atoms with Crippen LogP contribution in [0.5, 0.6) is 0 Å². The van der Waals surface area contributed by atoms with Gasteiger partial charge in [0.15, 0.2) is 5.65 Å². The minimum Gasteiger partial charge on any atom is -0.396 e. The van der Waals surface area contributed by atoms with E-state index in [9.17, 15) is 0 Å². The molecule has 102 valence electrons. The number of fused-ring (bicyclic) bond motifs is 1. The second-order valence-corrected chi connectivity index (χ2v) is 5.53. The number of piperidine rings is 1. The lowest BCUT2D eigenvalue weighted by Crippen LogP contribution is -2.35. The standard InChI is InChI=1S/C15H22N4/c1-2-18-7-3-5-12(10-18)9-13-11-19-8-4-6-14(16)15(19)17-13/h4,6,8,11-12H,2-3,5,7,9-10,16H2,1H3. The summed E-state index contributed by atoms with van der Waals surface area (Å²) in [5.41, 5.74) is 8.77. The first-order chi connectivity index (χ1) is 9.26. The van der Waals surface area contributed by atoms with Crippen LogP contribution >= 0.6 is 0 Å². The van der Waals surface area contributed by atoms with Crippen LogP contribution in [0.1, 0.15) is 25.5 Å². The van der Waals surface area contributed by atoms with Gasteiger partial charge in [-0.1, -0.05) is 6.92 Å². The molecule has 2 N–H and O–H groups in total. The van der Waals surface area contributed by atoms with Crippen LogP contribution in [0.4, 0.5) is 5.69 Å². The molecule has 1 aliphatic rings. The summed E-state index contributed by atoms with van der Waals surface area (Å²) in [7, 11) is 0. The van der Waals surface area contributed by atoms with Crippen molar-refractivity contribution in [3.63, 3.8) is 0 Å². The summed E-state index contributed by atoms with van der Waals surface area (Å²) in [5.74, 6) is 0.736. The monoisotopic (exact) mass is 258 g/mol. The van der Waals surface area contributed by atoms with Gasteiger partial charge in [0.25, 0.3) is 0 Å². The van der Waals surface area contributed by atoms with Crippen molar-refractivity contribution in [1.82, 2.24) is 14.3 Å². The van der Waals surface area contributed by atoms with Crippen molar-refractivity contribution in [2.24, 2.45) is 5.92 Å². The molecule has 0 bridgehead atoms. The Hall–Kier alpha value is -1.55. The highest BCUT2D eigenvalue weighted by Gasteiger charge is 2.20. The largest absolute Gasteiger partial charge is 0.396 e. The third kappa shape index (κ3) is 2.59. The predicted molar refractivity (Wildman–Crippen MR) is 78.1 cm³/mol. The number of pyridine rings is 1. The van der Waals surface area contributed by atoms with Crippen LogP contribution in [-0.2, 0) is 6.42 Å². The minimum atomic E-state index is 0.736. The van der Waals surface area contributed by atoms with Crippen molar-refractivity contribution in [2.75, 3.05) is 25.4 Å². The van der Waals surface area contributed by atoms with Gasteiger partial charge in [0.1, 0.15) is 0 Å². The zero-order valence-corrected chi connectivity index (χ0v) is 11.5. The molecule has 0 amide bonds. The van der Waals surface area contributed by atoms with Gasteiger partial charge in [0.2, 0.25) is 0 Å². The molecule has 0 saturated carbocycles. The number of aromatic nitrogens is 2. The third-order valence-electron chi connectivity index (χ3n) is 4.11. The Balaban J connectivity index is 1.76. The summed E-state index contributed by atoms with van der Waals surface area (Å²) in [5, 5.41) is 0. The Morgan fingerprint density at radius 2 is 2.37 bits per heavy atom. The molecule has 3 rings (SSSR count). The molecule has 1 unspecified atom stereocenters. The highest BCUT2D eigenvalue weighted by atomic mass is 15.1. The Bertz CT molecular complexity index is 560. The van der Waals surface area contributed by atoms with Crippen LogP contribution in [0.2, 0.25) is 0 Å². The van der Waals surface area contributed by atoms with Crippen molar-refractivity contribution in [3.05, 3.63) is 30.2 Å². The zero-order chi connectivity index (χ0) is 13.2. The Morgan fingerprint density at radius 3 is 3.16 bits per heavy atom. The molecule has 1 atom stereocenters. The zero-order valence-electron chi connectivity index (χ0n) is 11.5. The molecular weight excluding hydrogens is 236 g/mol. The van der Waals surface area contributed by atoms with Crippen LogP contribution < -0.4 is 5.73 Å². The second-order valence-electron chi connectivity index (χ2n) is 5.53. The summed E-state index contributed by atoms with van der Waals surface area (Å²) in [4.78, 5) is 7.22. The molecule has 0 aromatic carbocycles. The van der Waals surface area contributed by atoms with Crippen LogP contribution in [0, 0.1) is 5.92 Å². The van der Waals surface area contributed by atoms with Crippen molar-refractivity contribution in [3.8, 4) is 0 Å². The van der Waals surface area contributed by atoms with E-state index in [0.717, 1.165) is 30.2 Å². The van der Waals surface area contributed by atoms with Crippen LogP contribution in [0.3, 0.4) is 0 Å². The van der Waals surface area contributed by atoms with E-state index in [1.165, 1.54) is 31.6 Å². The fraction of sp³-hybridized carbons (Fsp3) is 0.533. The first-order valence-electron chi connectivity index (χ1n) is 7.20. The SMILES string of the molecule is CCN1CCCC(Cc2cn3cccc(N)c3n2)C1. The molecule has 2 aromatic heterocycles.